The zero-order valence-corrected chi connectivity index (χ0v) is 14.0. The number of nitrogens with one attached hydrogen (secondary N) is 1. The molecule has 1 N–H and O–H groups in total. The largest absolute Gasteiger partial charge is 0.483 e. The van der Waals surface area contributed by atoms with E-state index in [0.717, 1.165) is 35.0 Å². The Morgan fingerprint density at radius 2 is 1.96 bits per heavy atom. The van der Waals surface area contributed by atoms with E-state index in [1.165, 1.54) is 12.1 Å². The van der Waals surface area contributed by atoms with Crippen LogP contribution in [0.2, 0.25) is 0 Å². The van der Waals surface area contributed by atoms with Crippen LogP contribution in [0.3, 0.4) is 0 Å². The lowest BCUT2D eigenvalue weighted by Gasteiger charge is -2.38. The fraction of sp³-hybridized carbons (Fsp3) is 0.211. The maximum atomic E-state index is 13.3. The third-order valence-electron chi connectivity index (χ3n) is 4.73. The summed E-state index contributed by atoms with van der Waals surface area (Å²) < 4.78 is 24.7. The maximum Gasteiger partial charge on any atom is 0.173 e. The zero-order valence-electron chi connectivity index (χ0n) is 14.0. The van der Waals surface area contributed by atoms with Gasteiger partial charge in [0, 0.05) is 11.6 Å². The average molecular weight is 323 g/mol. The van der Waals surface area contributed by atoms with Gasteiger partial charge in [0.05, 0.1) is 0 Å². The zero-order chi connectivity index (χ0) is 17.3. The van der Waals surface area contributed by atoms with Crippen LogP contribution in [0.15, 0.2) is 47.9 Å². The summed E-state index contributed by atoms with van der Waals surface area (Å²) in [4.78, 5) is 0. The minimum absolute atomic E-state index is 0.253. The molecule has 3 rings (SSSR count). The molecule has 0 radical (unpaired) electrons. The molecule has 1 aliphatic heterocycles. The highest BCUT2D eigenvalue weighted by molar-refractivity contribution is 6.28. The highest BCUT2D eigenvalue weighted by atomic mass is 19.1. The van der Waals surface area contributed by atoms with E-state index in [1.807, 2.05) is 6.07 Å². The van der Waals surface area contributed by atoms with Crippen molar-refractivity contribution in [3.8, 4) is 11.5 Å². The lowest BCUT2D eigenvalue weighted by molar-refractivity contribution is 0.127. The van der Waals surface area contributed by atoms with Crippen molar-refractivity contribution >= 4 is 19.8 Å². The van der Waals surface area contributed by atoms with Gasteiger partial charge in [-0.3, -0.25) is 5.41 Å². The molecular weight excluding hydrogens is 304 g/mol. The topological polar surface area (TPSA) is 42.3 Å². The van der Waals surface area contributed by atoms with E-state index < -0.39 is 5.60 Å². The van der Waals surface area contributed by atoms with Crippen molar-refractivity contribution in [2.24, 2.45) is 0 Å². The molecule has 5 heteroatoms. The standard InChI is InChI=1S/C19H19BFNO2/c1-3-19(2)18(20)17(12-4-6-13(21)7-5-12)15-9-8-14(23-11-22)10-16(15)24-19/h4-11,22H,3,20H2,1-2H3. The van der Waals surface area contributed by atoms with Crippen molar-refractivity contribution in [1.82, 2.24) is 0 Å². The van der Waals surface area contributed by atoms with Crippen LogP contribution in [0, 0.1) is 11.2 Å². The predicted octanol–water partition coefficient (Wildman–Crippen LogP) is 3.77. The van der Waals surface area contributed by atoms with Crippen LogP contribution in [0.4, 0.5) is 4.39 Å². The fourth-order valence-corrected chi connectivity index (χ4v) is 3.05. The summed E-state index contributed by atoms with van der Waals surface area (Å²) in [5.74, 6) is 1.01. The Hall–Kier alpha value is -2.56. The van der Waals surface area contributed by atoms with Crippen molar-refractivity contribution in [3.63, 3.8) is 0 Å². The molecule has 2 aromatic carbocycles. The number of benzene rings is 2. The van der Waals surface area contributed by atoms with E-state index in [-0.39, 0.29) is 5.82 Å². The quantitative estimate of drug-likeness (QED) is 0.529. The Balaban J connectivity index is 2.21. The summed E-state index contributed by atoms with van der Waals surface area (Å²) in [6.45, 7) is 4.13. The molecule has 0 aliphatic carbocycles. The monoisotopic (exact) mass is 323 g/mol. The summed E-state index contributed by atoms with van der Waals surface area (Å²) in [7, 11) is 2.06. The van der Waals surface area contributed by atoms with Gasteiger partial charge < -0.3 is 9.47 Å². The van der Waals surface area contributed by atoms with E-state index >= 15 is 0 Å². The van der Waals surface area contributed by atoms with E-state index in [0.29, 0.717) is 11.5 Å². The Labute approximate surface area is 142 Å². The Bertz CT molecular complexity index is 817. The molecule has 0 saturated heterocycles. The molecule has 0 amide bonds. The highest BCUT2D eigenvalue weighted by Crippen LogP contribution is 2.45. The smallest absolute Gasteiger partial charge is 0.173 e. The first-order valence-corrected chi connectivity index (χ1v) is 7.95. The second-order valence-electron chi connectivity index (χ2n) is 6.09. The number of halogens is 1. The summed E-state index contributed by atoms with van der Waals surface area (Å²) in [5, 5.41) is 7.09. The molecule has 1 atom stereocenters. The number of fused-ring (bicyclic) bond motifs is 1. The lowest BCUT2D eigenvalue weighted by atomic mass is 9.71. The van der Waals surface area contributed by atoms with Gasteiger partial charge >= 0.3 is 0 Å². The van der Waals surface area contributed by atoms with Gasteiger partial charge in [-0.15, -0.1) is 0 Å². The van der Waals surface area contributed by atoms with Gasteiger partial charge in [-0.1, -0.05) is 24.5 Å². The normalized spacial score (nSPS) is 19.5. The fourth-order valence-electron chi connectivity index (χ4n) is 3.05. The van der Waals surface area contributed by atoms with Crippen LogP contribution >= 0.6 is 0 Å². The van der Waals surface area contributed by atoms with Crippen molar-refractivity contribution in [1.29, 1.82) is 5.41 Å². The van der Waals surface area contributed by atoms with Crippen LogP contribution in [0.5, 0.6) is 11.5 Å². The molecule has 1 unspecified atom stereocenters. The summed E-state index contributed by atoms with van der Waals surface area (Å²) in [6.07, 6.45) is 1.70. The summed E-state index contributed by atoms with van der Waals surface area (Å²) >= 11 is 0. The van der Waals surface area contributed by atoms with Crippen LogP contribution in [0.25, 0.3) is 5.57 Å². The molecule has 24 heavy (non-hydrogen) atoms. The highest BCUT2D eigenvalue weighted by Gasteiger charge is 2.35. The van der Waals surface area contributed by atoms with Crippen LogP contribution in [-0.2, 0) is 0 Å². The van der Waals surface area contributed by atoms with Gasteiger partial charge in [-0.05, 0) is 48.7 Å². The van der Waals surface area contributed by atoms with Gasteiger partial charge in [-0.25, -0.2) is 4.39 Å². The number of rotatable bonds is 4. The van der Waals surface area contributed by atoms with E-state index in [4.69, 9.17) is 14.9 Å². The Morgan fingerprint density at radius 1 is 1.25 bits per heavy atom. The van der Waals surface area contributed by atoms with E-state index in [1.54, 1.807) is 24.3 Å². The molecule has 1 aliphatic rings. The van der Waals surface area contributed by atoms with Crippen LogP contribution in [-0.4, -0.2) is 19.8 Å². The molecule has 1 heterocycles. The number of ether oxygens (including phenoxy) is 2. The first-order chi connectivity index (χ1) is 11.5. The Kier molecular flexibility index (Phi) is 4.18. The second kappa shape index (κ2) is 6.15. The molecule has 0 saturated carbocycles. The first-order valence-electron chi connectivity index (χ1n) is 7.95. The van der Waals surface area contributed by atoms with Crippen molar-refractivity contribution in [3.05, 3.63) is 64.9 Å². The number of hydrogen-bond acceptors (Lipinski definition) is 3. The van der Waals surface area contributed by atoms with Gasteiger partial charge in [-0.2, -0.15) is 0 Å². The molecule has 0 spiro atoms. The summed E-state index contributed by atoms with van der Waals surface area (Å²) in [6, 6.07) is 12.1. The minimum Gasteiger partial charge on any atom is -0.483 e. The Morgan fingerprint density at radius 3 is 2.58 bits per heavy atom. The van der Waals surface area contributed by atoms with E-state index in [9.17, 15) is 4.39 Å². The van der Waals surface area contributed by atoms with Crippen LogP contribution in [0.1, 0.15) is 31.4 Å². The summed E-state index contributed by atoms with van der Waals surface area (Å²) in [5.41, 5.74) is 3.63. The van der Waals surface area contributed by atoms with Crippen molar-refractivity contribution in [2.45, 2.75) is 25.9 Å². The van der Waals surface area contributed by atoms with Gasteiger partial charge in [0.15, 0.2) is 6.40 Å². The number of hydrogen-bond donors (Lipinski definition) is 1. The molecule has 2 aromatic rings. The van der Waals surface area contributed by atoms with Gasteiger partial charge in [0.2, 0.25) is 0 Å². The first kappa shape index (κ1) is 16.3. The predicted molar refractivity (Wildman–Crippen MR) is 96.1 cm³/mol. The molecule has 0 fully saturated rings. The van der Waals surface area contributed by atoms with E-state index in [2.05, 4.69) is 21.7 Å². The third kappa shape index (κ3) is 2.71. The third-order valence-corrected chi connectivity index (χ3v) is 4.73. The SMILES string of the molecule is BC1=C(c2ccc(F)cc2)c2ccc(OC=N)cc2OC1(C)CC. The molecule has 122 valence electrons. The lowest BCUT2D eigenvalue weighted by Crippen LogP contribution is -2.38. The molecular formula is C19H19BFNO2. The maximum absolute atomic E-state index is 13.3. The van der Waals surface area contributed by atoms with Gasteiger partial charge in [0.1, 0.15) is 30.8 Å². The van der Waals surface area contributed by atoms with Crippen molar-refractivity contribution in [2.75, 3.05) is 0 Å². The molecule has 3 nitrogen and oxygen atoms in total. The van der Waals surface area contributed by atoms with Gasteiger partial charge in [0.25, 0.3) is 0 Å². The van der Waals surface area contributed by atoms with Crippen molar-refractivity contribution < 1.29 is 13.9 Å². The van der Waals surface area contributed by atoms with Crippen LogP contribution < -0.4 is 9.47 Å². The second-order valence-corrected chi connectivity index (χ2v) is 6.09. The molecule has 0 aromatic heterocycles. The average Bonchev–Trinajstić information content (AvgIpc) is 2.58. The molecule has 0 bridgehead atoms. The minimum atomic E-state index is -0.444.